The summed E-state index contributed by atoms with van der Waals surface area (Å²) in [7, 11) is 0. The number of carbonyl (C=O) groups excluding carboxylic acids is 1. The van der Waals surface area contributed by atoms with Crippen molar-refractivity contribution >= 4 is 11.7 Å². The first-order valence-electron chi connectivity index (χ1n) is 9.31. The molecule has 0 radical (unpaired) electrons. The van der Waals surface area contributed by atoms with Crippen LogP contribution in [0.5, 0.6) is 0 Å². The Balaban J connectivity index is 1.54. The maximum atomic E-state index is 13.1. The maximum absolute atomic E-state index is 13.1. The van der Waals surface area contributed by atoms with Gasteiger partial charge in [-0.3, -0.25) is 4.79 Å². The Morgan fingerprint density at radius 2 is 1.89 bits per heavy atom. The minimum atomic E-state index is -0.291. The highest BCUT2D eigenvalue weighted by Crippen LogP contribution is 2.27. The summed E-state index contributed by atoms with van der Waals surface area (Å²) in [5.74, 6) is 1.45. The maximum Gasteiger partial charge on any atom is 0.227 e. The number of halogens is 1. The fourth-order valence-corrected chi connectivity index (χ4v) is 3.66. The van der Waals surface area contributed by atoms with Gasteiger partial charge in [0, 0.05) is 31.6 Å². The Morgan fingerprint density at radius 3 is 2.63 bits per heavy atom. The smallest absolute Gasteiger partial charge is 0.227 e. The number of nitrogens with zero attached hydrogens (tertiary/aromatic N) is 4. The van der Waals surface area contributed by atoms with E-state index in [1.165, 1.54) is 12.1 Å². The Bertz CT molecular complexity index is 835. The largest absolute Gasteiger partial charge is 0.378 e. The molecule has 3 heterocycles. The van der Waals surface area contributed by atoms with Crippen LogP contribution in [0, 0.1) is 12.7 Å². The van der Waals surface area contributed by atoms with E-state index in [4.69, 9.17) is 4.74 Å². The summed E-state index contributed by atoms with van der Waals surface area (Å²) in [4.78, 5) is 26.1. The predicted octanol–water partition coefficient (Wildman–Crippen LogP) is 1.89. The molecule has 142 valence electrons. The molecule has 2 aliphatic rings. The molecule has 2 aromatic rings. The fraction of sp³-hybridized carbons (Fsp3) is 0.450. The lowest BCUT2D eigenvalue weighted by Crippen LogP contribution is -2.41. The van der Waals surface area contributed by atoms with E-state index in [9.17, 15) is 9.18 Å². The first kappa shape index (κ1) is 17.9. The lowest BCUT2D eigenvalue weighted by molar-refractivity contribution is -0.131. The van der Waals surface area contributed by atoms with Crippen molar-refractivity contribution in [2.75, 3.05) is 37.7 Å². The second-order valence-electron chi connectivity index (χ2n) is 6.99. The lowest BCUT2D eigenvalue weighted by atomic mass is 10.0. The van der Waals surface area contributed by atoms with Gasteiger partial charge in [-0.25, -0.2) is 14.4 Å². The number of ether oxygens (including phenoxy) is 1. The Labute approximate surface area is 158 Å². The fourth-order valence-electron chi connectivity index (χ4n) is 3.66. The molecule has 27 heavy (non-hydrogen) atoms. The molecule has 0 N–H and O–H groups in total. The van der Waals surface area contributed by atoms with Gasteiger partial charge in [-0.15, -0.1) is 0 Å². The number of fused-ring (bicyclic) bond motifs is 1. The van der Waals surface area contributed by atoms with Gasteiger partial charge in [0.05, 0.1) is 31.9 Å². The average molecular weight is 370 g/mol. The molecular formula is C20H23FN4O2. The summed E-state index contributed by atoms with van der Waals surface area (Å²) < 4.78 is 18.5. The number of hydrogen-bond acceptors (Lipinski definition) is 5. The zero-order valence-electron chi connectivity index (χ0n) is 15.4. The zero-order valence-corrected chi connectivity index (χ0v) is 15.4. The number of aromatic nitrogens is 2. The Morgan fingerprint density at radius 1 is 1.15 bits per heavy atom. The van der Waals surface area contributed by atoms with Crippen molar-refractivity contribution in [1.82, 2.24) is 14.9 Å². The van der Waals surface area contributed by atoms with Crippen LogP contribution in [0.25, 0.3) is 0 Å². The summed E-state index contributed by atoms with van der Waals surface area (Å²) in [6, 6.07) is 6.11. The van der Waals surface area contributed by atoms with Gasteiger partial charge < -0.3 is 14.5 Å². The van der Waals surface area contributed by atoms with Crippen LogP contribution >= 0.6 is 0 Å². The molecular weight excluding hydrogens is 347 g/mol. The topological polar surface area (TPSA) is 58.6 Å². The second kappa shape index (κ2) is 7.60. The number of amides is 1. The van der Waals surface area contributed by atoms with Gasteiger partial charge in [0.2, 0.25) is 5.91 Å². The van der Waals surface area contributed by atoms with Gasteiger partial charge >= 0.3 is 0 Å². The molecule has 1 aromatic carbocycles. The number of benzene rings is 1. The van der Waals surface area contributed by atoms with Gasteiger partial charge in [0.15, 0.2) is 0 Å². The summed E-state index contributed by atoms with van der Waals surface area (Å²) in [5.41, 5.74) is 2.90. The highest BCUT2D eigenvalue weighted by molar-refractivity contribution is 5.79. The molecule has 4 rings (SSSR count). The van der Waals surface area contributed by atoms with Crippen molar-refractivity contribution in [3.05, 3.63) is 52.7 Å². The normalized spacial score (nSPS) is 17.0. The van der Waals surface area contributed by atoms with E-state index >= 15 is 0 Å². The average Bonchev–Trinajstić information content (AvgIpc) is 2.69. The molecule has 0 unspecified atom stereocenters. The van der Waals surface area contributed by atoms with Crippen LogP contribution in [-0.4, -0.2) is 53.6 Å². The zero-order chi connectivity index (χ0) is 18.8. The van der Waals surface area contributed by atoms with Crippen molar-refractivity contribution in [3.8, 4) is 0 Å². The van der Waals surface area contributed by atoms with Gasteiger partial charge in [-0.2, -0.15) is 0 Å². The molecule has 2 aliphatic heterocycles. The molecule has 1 amide bonds. The van der Waals surface area contributed by atoms with Crippen LogP contribution < -0.4 is 4.90 Å². The number of hydrogen-bond donors (Lipinski definition) is 0. The third-order valence-electron chi connectivity index (χ3n) is 5.08. The predicted molar refractivity (Wildman–Crippen MR) is 99.0 cm³/mol. The molecule has 0 aliphatic carbocycles. The number of rotatable bonds is 3. The van der Waals surface area contributed by atoms with Crippen LogP contribution in [0.15, 0.2) is 24.3 Å². The summed E-state index contributed by atoms with van der Waals surface area (Å²) in [6.07, 6.45) is 1.00. The number of aryl methyl sites for hydroxylation is 1. The third-order valence-corrected chi connectivity index (χ3v) is 5.08. The second-order valence-corrected chi connectivity index (χ2v) is 6.99. The van der Waals surface area contributed by atoms with Crippen molar-refractivity contribution in [2.45, 2.75) is 26.3 Å². The number of carbonyl (C=O) groups is 1. The first-order valence-corrected chi connectivity index (χ1v) is 9.31. The summed E-state index contributed by atoms with van der Waals surface area (Å²) >= 11 is 0. The van der Waals surface area contributed by atoms with E-state index in [1.807, 2.05) is 11.8 Å². The van der Waals surface area contributed by atoms with E-state index in [2.05, 4.69) is 14.9 Å². The summed E-state index contributed by atoms with van der Waals surface area (Å²) in [5, 5.41) is 0. The highest BCUT2D eigenvalue weighted by Gasteiger charge is 2.27. The number of anilines is 1. The minimum Gasteiger partial charge on any atom is -0.378 e. The molecule has 0 saturated carbocycles. The van der Waals surface area contributed by atoms with Gasteiger partial charge in [0.25, 0.3) is 0 Å². The van der Waals surface area contributed by atoms with Crippen LogP contribution in [0.4, 0.5) is 10.2 Å². The molecule has 7 heteroatoms. The first-order chi connectivity index (χ1) is 13.1. The number of morpholine rings is 1. The van der Waals surface area contributed by atoms with Crippen molar-refractivity contribution in [2.24, 2.45) is 0 Å². The lowest BCUT2D eigenvalue weighted by Gasteiger charge is -2.34. The highest BCUT2D eigenvalue weighted by atomic mass is 19.1. The standard InChI is InChI=1S/C20H23FN4O2/c1-14-22-18-6-7-25(19(26)12-15-2-4-16(21)5-3-15)13-17(18)20(23-14)24-8-10-27-11-9-24/h2-5H,6-13H2,1H3. The molecule has 0 atom stereocenters. The van der Waals surface area contributed by atoms with Gasteiger partial charge in [-0.05, 0) is 24.6 Å². The summed E-state index contributed by atoms with van der Waals surface area (Å²) in [6.45, 7) is 6.04. The van der Waals surface area contributed by atoms with Crippen LogP contribution in [0.1, 0.15) is 22.6 Å². The SMILES string of the molecule is Cc1nc2c(c(N3CCOCC3)n1)CN(C(=O)Cc1ccc(F)cc1)CC2. The monoisotopic (exact) mass is 370 g/mol. The molecule has 1 fully saturated rings. The molecule has 0 spiro atoms. The van der Waals surface area contributed by atoms with E-state index in [1.54, 1.807) is 12.1 Å². The molecule has 1 aromatic heterocycles. The Hall–Kier alpha value is -2.54. The third kappa shape index (κ3) is 3.93. The quantitative estimate of drug-likeness (QED) is 0.826. The molecule has 1 saturated heterocycles. The van der Waals surface area contributed by atoms with Crippen molar-refractivity contribution in [1.29, 1.82) is 0 Å². The molecule has 6 nitrogen and oxygen atoms in total. The molecule has 0 bridgehead atoms. The van der Waals surface area contributed by atoms with Crippen LogP contribution in [-0.2, 0) is 28.9 Å². The van der Waals surface area contributed by atoms with Crippen LogP contribution in [0.3, 0.4) is 0 Å². The van der Waals surface area contributed by atoms with Gasteiger partial charge in [-0.1, -0.05) is 12.1 Å². The van der Waals surface area contributed by atoms with Gasteiger partial charge in [0.1, 0.15) is 17.5 Å². The van der Waals surface area contributed by atoms with E-state index < -0.39 is 0 Å². The van der Waals surface area contributed by atoms with Crippen molar-refractivity contribution in [3.63, 3.8) is 0 Å². The van der Waals surface area contributed by atoms with Crippen LogP contribution in [0.2, 0.25) is 0 Å². The van der Waals surface area contributed by atoms with Crippen molar-refractivity contribution < 1.29 is 13.9 Å². The minimum absolute atomic E-state index is 0.0424. The van der Waals surface area contributed by atoms with E-state index in [0.717, 1.165) is 48.0 Å². The van der Waals surface area contributed by atoms with E-state index in [-0.39, 0.29) is 18.1 Å². The van der Waals surface area contributed by atoms with E-state index in [0.29, 0.717) is 26.3 Å². The Kier molecular flexibility index (Phi) is 5.03.